The molecule has 0 saturated carbocycles. The molecule has 17 heavy (non-hydrogen) atoms. The zero-order chi connectivity index (χ0) is 13.1. The summed E-state index contributed by atoms with van der Waals surface area (Å²) in [5, 5.41) is 8.74. The van der Waals surface area contributed by atoms with Gasteiger partial charge in [-0.05, 0) is 12.1 Å². The van der Waals surface area contributed by atoms with Crippen LogP contribution in [0.1, 0.15) is 6.92 Å². The van der Waals surface area contributed by atoms with Gasteiger partial charge in [-0.15, -0.1) is 0 Å². The van der Waals surface area contributed by atoms with Crippen molar-refractivity contribution in [2.24, 2.45) is 0 Å². The zero-order valence-corrected chi connectivity index (χ0v) is 10.7. The molecule has 94 valence electrons. The maximum absolute atomic E-state index is 12.1. The summed E-state index contributed by atoms with van der Waals surface area (Å²) >= 11 is 5.79. The minimum Gasteiger partial charge on any atom is -0.480 e. The normalized spacial score (nSPS) is 11.7. The van der Waals surface area contributed by atoms with Crippen LogP contribution >= 0.6 is 11.6 Å². The first-order valence-corrected chi connectivity index (χ1v) is 6.68. The number of carboxylic acid groups (broad SMARTS) is 1. The van der Waals surface area contributed by atoms with Gasteiger partial charge in [-0.2, -0.15) is 4.31 Å². The van der Waals surface area contributed by atoms with Crippen molar-refractivity contribution < 1.29 is 18.3 Å². The molecule has 0 bridgehead atoms. The van der Waals surface area contributed by atoms with Crippen molar-refractivity contribution in [3.63, 3.8) is 0 Å². The predicted octanol–water partition coefficient (Wildman–Crippen LogP) is 1.44. The van der Waals surface area contributed by atoms with Crippen LogP contribution in [0.15, 0.2) is 29.2 Å². The molecular formula is C10H12ClNO4S. The lowest BCUT2D eigenvalue weighted by Crippen LogP contribution is -2.35. The van der Waals surface area contributed by atoms with E-state index in [1.807, 2.05) is 0 Å². The monoisotopic (exact) mass is 277 g/mol. The van der Waals surface area contributed by atoms with Crippen LogP contribution in [0, 0.1) is 0 Å². The minimum atomic E-state index is -3.86. The van der Waals surface area contributed by atoms with Gasteiger partial charge in [-0.25, -0.2) is 8.42 Å². The topological polar surface area (TPSA) is 74.7 Å². The number of hydrogen-bond acceptors (Lipinski definition) is 3. The van der Waals surface area contributed by atoms with E-state index in [1.54, 1.807) is 13.0 Å². The SMILES string of the molecule is CCN(CC(=O)O)S(=O)(=O)c1ccccc1Cl. The molecule has 0 spiro atoms. The number of rotatable bonds is 5. The van der Waals surface area contributed by atoms with Crippen LogP contribution < -0.4 is 0 Å². The van der Waals surface area contributed by atoms with Crippen molar-refractivity contribution in [1.82, 2.24) is 4.31 Å². The molecule has 0 aliphatic heterocycles. The standard InChI is InChI=1S/C10H12ClNO4S/c1-2-12(7-10(13)14)17(15,16)9-6-4-3-5-8(9)11/h3-6H,2,7H2,1H3,(H,13,14). The first-order valence-electron chi connectivity index (χ1n) is 4.86. The molecule has 1 N–H and O–H groups in total. The van der Waals surface area contributed by atoms with Crippen LogP contribution in [-0.2, 0) is 14.8 Å². The molecule has 0 aliphatic carbocycles. The Kier molecular flexibility index (Phi) is 4.50. The zero-order valence-electron chi connectivity index (χ0n) is 9.13. The van der Waals surface area contributed by atoms with E-state index >= 15 is 0 Å². The van der Waals surface area contributed by atoms with Gasteiger partial charge in [0.25, 0.3) is 0 Å². The highest BCUT2D eigenvalue weighted by molar-refractivity contribution is 7.89. The van der Waals surface area contributed by atoms with Crippen molar-refractivity contribution in [3.8, 4) is 0 Å². The van der Waals surface area contributed by atoms with Crippen LogP contribution in [0.4, 0.5) is 0 Å². The van der Waals surface area contributed by atoms with Crippen LogP contribution in [0.5, 0.6) is 0 Å². The van der Waals surface area contributed by atoms with E-state index in [1.165, 1.54) is 18.2 Å². The molecule has 0 unspecified atom stereocenters. The summed E-state index contributed by atoms with van der Waals surface area (Å²) in [6, 6.07) is 5.94. The number of carboxylic acids is 1. The van der Waals surface area contributed by atoms with Crippen LogP contribution in [0.3, 0.4) is 0 Å². The summed E-state index contributed by atoms with van der Waals surface area (Å²) in [4.78, 5) is 10.5. The van der Waals surface area contributed by atoms with Crippen molar-refractivity contribution in [3.05, 3.63) is 29.3 Å². The molecule has 1 aromatic rings. The van der Waals surface area contributed by atoms with Crippen molar-refractivity contribution in [2.75, 3.05) is 13.1 Å². The highest BCUT2D eigenvalue weighted by Gasteiger charge is 2.26. The summed E-state index contributed by atoms with van der Waals surface area (Å²) in [6.45, 7) is 1.06. The molecule has 7 heteroatoms. The quantitative estimate of drug-likeness (QED) is 0.884. The van der Waals surface area contributed by atoms with Gasteiger partial charge in [-0.3, -0.25) is 4.79 Å². The highest BCUT2D eigenvalue weighted by atomic mass is 35.5. The second-order valence-electron chi connectivity index (χ2n) is 3.26. The van der Waals surface area contributed by atoms with Gasteiger partial charge < -0.3 is 5.11 Å². The molecule has 0 heterocycles. The smallest absolute Gasteiger partial charge is 0.318 e. The molecule has 5 nitrogen and oxygen atoms in total. The van der Waals surface area contributed by atoms with Gasteiger partial charge in [0.05, 0.1) is 5.02 Å². The van der Waals surface area contributed by atoms with Crippen LogP contribution in [0.2, 0.25) is 5.02 Å². The molecule has 1 aromatic carbocycles. The van der Waals surface area contributed by atoms with E-state index in [0.29, 0.717) is 0 Å². The van der Waals surface area contributed by atoms with Crippen molar-refractivity contribution in [1.29, 1.82) is 0 Å². The third-order valence-electron chi connectivity index (χ3n) is 2.12. The molecule has 0 atom stereocenters. The summed E-state index contributed by atoms with van der Waals surface area (Å²) in [6.07, 6.45) is 0. The number of halogens is 1. The number of likely N-dealkylation sites (N-methyl/N-ethyl adjacent to an activating group) is 1. The first kappa shape index (κ1) is 14.0. The predicted molar refractivity (Wildman–Crippen MR) is 63.5 cm³/mol. The third kappa shape index (κ3) is 3.18. The maximum atomic E-state index is 12.1. The summed E-state index contributed by atoms with van der Waals surface area (Å²) < 4.78 is 25.1. The van der Waals surface area contributed by atoms with E-state index in [0.717, 1.165) is 4.31 Å². The van der Waals surface area contributed by atoms with Gasteiger partial charge >= 0.3 is 5.97 Å². The number of hydrogen-bond donors (Lipinski definition) is 1. The van der Waals surface area contributed by atoms with Gasteiger partial charge in [0.1, 0.15) is 11.4 Å². The maximum Gasteiger partial charge on any atom is 0.318 e. The highest BCUT2D eigenvalue weighted by Crippen LogP contribution is 2.23. The summed E-state index contributed by atoms with van der Waals surface area (Å²) in [5.74, 6) is -1.21. The number of nitrogens with zero attached hydrogens (tertiary/aromatic N) is 1. The fraction of sp³-hybridized carbons (Fsp3) is 0.300. The van der Waals surface area contributed by atoms with Crippen molar-refractivity contribution in [2.45, 2.75) is 11.8 Å². The summed E-state index contributed by atoms with van der Waals surface area (Å²) in [5.41, 5.74) is 0. The minimum absolute atomic E-state index is 0.0693. The molecule has 0 radical (unpaired) electrons. The second-order valence-corrected chi connectivity index (χ2v) is 5.57. The Morgan fingerprint density at radius 1 is 1.41 bits per heavy atom. The average molecular weight is 278 g/mol. The lowest BCUT2D eigenvalue weighted by Gasteiger charge is -2.18. The molecule has 0 saturated heterocycles. The van der Waals surface area contributed by atoms with E-state index in [9.17, 15) is 13.2 Å². The molecular weight excluding hydrogens is 266 g/mol. The van der Waals surface area contributed by atoms with E-state index in [4.69, 9.17) is 16.7 Å². The Morgan fingerprint density at radius 2 is 2.00 bits per heavy atom. The Morgan fingerprint density at radius 3 is 2.47 bits per heavy atom. The lowest BCUT2D eigenvalue weighted by molar-refractivity contribution is -0.137. The van der Waals surface area contributed by atoms with E-state index < -0.39 is 22.5 Å². The third-order valence-corrected chi connectivity index (χ3v) is 4.54. The number of carbonyl (C=O) groups is 1. The summed E-state index contributed by atoms with van der Waals surface area (Å²) in [7, 11) is -3.86. The number of aliphatic carboxylic acids is 1. The number of benzene rings is 1. The average Bonchev–Trinajstić information content (AvgIpc) is 2.25. The second kappa shape index (κ2) is 5.48. The Hall–Kier alpha value is -1.11. The van der Waals surface area contributed by atoms with E-state index in [2.05, 4.69) is 0 Å². The van der Waals surface area contributed by atoms with Crippen LogP contribution in [0.25, 0.3) is 0 Å². The Labute approximate surface area is 105 Å². The molecule has 0 fully saturated rings. The number of sulfonamides is 1. The Balaban J connectivity index is 3.18. The van der Waals surface area contributed by atoms with Crippen LogP contribution in [-0.4, -0.2) is 36.9 Å². The van der Waals surface area contributed by atoms with Gasteiger partial charge in [0, 0.05) is 6.54 Å². The van der Waals surface area contributed by atoms with E-state index in [-0.39, 0.29) is 16.5 Å². The van der Waals surface area contributed by atoms with Gasteiger partial charge in [0.2, 0.25) is 10.0 Å². The fourth-order valence-electron chi connectivity index (χ4n) is 1.31. The Bertz CT molecular complexity index is 515. The van der Waals surface area contributed by atoms with Gasteiger partial charge in [-0.1, -0.05) is 30.7 Å². The molecule has 1 rings (SSSR count). The fourth-order valence-corrected chi connectivity index (χ4v) is 3.20. The lowest BCUT2D eigenvalue weighted by atomic mass is 10.4. The largest absolute Gasteiger partial charge is 0.480 e. The molecule has 0 amide bonds. The van der Waals surface area contributed by atoms with Crippen molar-refractivity contribution >= 4 is 27.6 Å². The first-order chi connectivity index (χ1) is 7.89. The van der Waals surface area contributed by atoms with Gasteiger partial charge in [0.15, 0.2) is 0 Å². The molecule has 0 aliphatic rings. The molecule has 0 aromatic heterocycles.